The molecule has 1 aliphatic heterocycles. The minimum atomic E-state index is -3.70. The number of urea groups is 1. The van der Waals surface area contributed by atoms with E-state index in [1.165, 1.54) is 36.2 Å². The average Bonchev–Trinajstić information content (AvgIpc) is 2.77. The number of hydrogen-bond acceptors (Lipinski definition) is 5. The van der Waals surface area contributed by atoms with Crippen molar-refractivity contribution in [2.24, 2.45) is 0 Å². The Morgan fingerprint density at radius 3 is 2.09 bits per heavy atom. The Kier molecular flexibility index (Phi) is 7.30. The van der Waals surface area contributed by atoms with E-state index in [0.717, 1.165) is 16.7 Å². The van der Waals surface area contributed by atoms with Crippen LogP contribution in [0.25, 0.3) is 0 Å². The van der Waals surface area contributed by atoms with Gasteiger partial charge in [0.15, 0.2) is 11.5 Å². The van der Waals surface area contributed by atoms with Gasteiger partial charge in [0.1, 0.15) is 0 Å². The molecule has 0 bridgehead atoms. The average molecular weight is 462 g/mol. The van der Waals surface area contributed by atoms with E-state index in [1.54, 1.807) is 11.0 Å². The predicted molar refractivity (Wildman–Crippen MR) is 123 cm³/mol. The zero-order valence-corrected chi connectivity index (χ0v) is 20.1. The summed E-state index contributed by atoms with van der Waals surface area (Å²) in [7, 11) is -0.739. The summed E-state index contributed by atoms with van der Waals surface area (Å²) in [6, 6.07) is 8.55. The first kappa shape index (κ1) is 23.9. The van der Waals surface area contributed by atoms with E-state index in [0.29, 0.717) is 31.1 Å². The van der Waals surface area contributed by atoms with Crippen molar-refractivity contribution in [1.29, 1.82) is 0 Å². The summed E-state index contributed by atoms with van der Waals surface area (Å²) < 4.78 is 37.9. The SMILES string of the molecule is COc1ccc(S(=O)(=O)N2CCN(C(=O)NCc3c(C)cc(C)cc3C)CC2)cc1OC. The van der Waals surface area contributed by atoms with Crippen LogP contribution >= 0.6 is 0 Å². The minimum absolute atomic E-state index is 0.137. The second-order valence-electron chi connectivity index (χ2n) is 7.94. The van der Waals surface area contributed by atoms with Crippen LogP contribution in [0.1, 0.15) is 22.3 Å². The first-order chi connectivity index (χ1) is 15.2. The van der Waals surface area contributed by atoms with Crippen molar-refractivity contribution >= 4 is 16.1 Å². The zero-order chi connectivity index (χ0) is 23.5. The maximum atomic E-state index is 13.1. The molecule has 2 amide bonds. The van der Waals surface area contributed by atoms with E-state index in [9.17, 15) is 13.2 Å². The summed E-state index contributed by atoms with van der Waals surface area (Å²) in [6.07, 6.45) is 0. The third-order valence-electron chi connectivity index (χ3n) is 5.78. The molecule has 0 radical (unpaired) electrons. The first-order valence-electron chi connectivity index (χ1n) is 10.5. The summed E-state index contributed by atoms with van der Waals surface area (Å²) in [5.41, 5.74) is 4.60. The normalized spacial score (nSPS) is 14.8. The molecule has 2 aromatic carbocycles. The number of rotatable bonds is 6. The minimum Gasteiger partial charge on any atom is -0.493 e. The highest BCUT2D eigenvalue weighted by Crippen LogP contribution is 2.31. The molecule has 0 saturated carbocycles. The number of benzene rings is 2. The lowest BCUT2D eigenvalue weighted by atomic mass is 10.00. The fourth-order valence-corrected chi connectivity index (χ4v) is 5.46. The number of carbonyl (C=O) groups excluding carboxylic acids is 1. The third kappa shape index (κ3) is 4.99. The van der Waals surface area contributed by atoms with E-state index < -0.39 is 10.0 Å². The van der Waals surface area contributed by atoms with Crippen molar-refractivity contribution < 1.29 is 22.7 Å². The van der Waals surface area contributed by atoms with E-state index in [4.69, 9.17) is 9.47 Å². The number of nitrogens with one attached hydrogen (secondary N) is 1. The molecule has 1 fully saturated rings. The summed E-state index contributed by atoms with van der Waals surface area (Å²) >= 11 is 0. The van der Waals surface area contributed by atoms with Gasteiger partial charge in [-0.1, -0.05) is 17.7 Å². The molecule has 0 spiro atoms. The van der Waals surface area contributed by atoms with Gasteiger partial charge in [0, 0.05) is 38.8 Å². The number of nitrogens with zero attached hydrogens (tertiary/aromatic N) is 2. The Morgan fingerprint density at radius 2 is 1.53 bits per heavy atom. The highest BCUT2D eigenvalue weighted by molar-refractivity contribution is 7.89. The molecule has 0 aromatic heterocycles. The number of aryl methyl sites for hydroxylation is 3. The highest BCUT2D eigenvalue weighted by Gasteiger charge is 2.30. The summed E-state index contributed by atoms with van der Waals surface area (Å²) in [5.74, 6) is 0.820. The lowest BCUT2D eigenvalue weighted by molar-refractivity contribution is 0.172. The largest absolute Gasteiger partial charge is 0.493 e. The van der Waals surface area contributed by atoms with Crippen LogP contribution in [0.3, 0.4) is 0 Å². The number of methoxy groups -OCH3 is 2. The molecule has 0 unspecified atom stereocenters. The maximum Gasteiger partial charge on any atom is 0.317 e. The molecule has 2 aromatic rings. The van der Waals surface area contributed by atoms with Gasteiger partial charge in [-0.25, -0.2) is 13.2 Å². The van der Waals surface area contributed by atoms with Crippen molar-refractivity contribution in [3.05, 3.63) is 52.6 Å². The lowest BCUT2D eigenvalue weighted by Gasteiger charge is -2.34. The summed E-state index contributed by atoms with van der Waals surface area (Å²) in [4.78, 5) is 14.4. The van der Waals surface area contributed by atoms with Crippen LogP contribution in [0.2, 0.25) is 0 Å². The van der Waals surface area contributed by atoms with Gasteiger partial charge in [-0.2, -0.15) is 4.31 Å². The quantitative estimate of drug-likeness (QED) is 0.715. The smallest absolute Gasteiger partial charge is 0.317 e. The first-order valence-corrected chi connectivity index (χ1v) is 11.9. The Morgan fingerprint density at radius 1 is 0.938 bits per heavy atom. The van der Waals surface area contributed by atoms with E-state index in [2.05, 4.69) is 24.4 Å². The molecular weight excluding hydrogens is 430 g/mol. The third-order valence-corrected chi connectivity index (χ3v) is 7.67. The number of ether oxygens (including phenoxy) is 2. The molecule has 0 atom stereocenters. The predicted octanol–water partition coefficient (Wildman–Crippen LogP) is 2.85. The van der Waals surface area contributed by atoms with Gasteiger partial charge < -0.3 is 19.7 Å². The summed E-state index contributed by atoms with van der Waals surface area (Å²) in [6.45, 7) is 7.69. The number of carbonyl (C=O) groups is 1. The number of piperazine rings is 1. The molecule has 8 nitrogen and oxygen atoms in total. The van der Waals surface area contributed by atoms with E-state index in [1.807, 2.05) is 13.8 Å². The Labute approximate surface area is 190 Å². The fraction of sp³-hybridized carbons (Fsp3) is 0.435. The second-order valence-corrected chi connectivity index (χ2v) is 9.88. The molecule has 1 heterocycles. The number of amides is 2. The molecule has 3 rings (SSSR count). The number of sulfonamides is 1. The van der Waals surface area contributed by atoms with Crippen molar-refractivity contribution in [3.8, 4) is 11.5 Å². The van der Waals surface area contributed by atoms with Gasteiger partial charge in [-0.15, -0.1) is 0 Å². The molecule has 1 saturated heterocycles. The van der Waals surface area contributed by atoms with Crippen LogP contribution in [-0.2, 0) is 16.6 Å². The van der Waals surface area contributed by atoms with Gasteiger partial charge in [0.25, 0.3) is 0 Å². The number of hydrogen-bond donors (Lipinski definition) is 1. The van der Waals surface area contributed by atoms with Crippen LogP contribution < -0.4 is 14.8 Å². The van der Waals surface area contributed by atoms with E-state index in [-0.39, 0.29) is 24.0 Å². The van der Waals surface area contributed by atoms with Gasteiger partial charge >= 0.3 is 6.03 Å². The molecule has 1 aliphatic rings. The van der Waals surface area contributed by atoms with Gasteiger partial charge in [0.05, 0.1) is 19.1 Å². The van der Waals surface area contributed by atoms with E-state index >= 15 is 0 Å². The molecule has 32 heavy (non-hydrogen) atoms. The molecule has 1 N–H and O–H groups in total. The monoisotopic (exact) mass is 461 g/mol. The Balaban J connectivity index is 1.61. The zero-order valence-electron chi connectivity index (χ0n) is 19.3. The molecule has 174 valence electrons. The lowest BCUT2D eigenvalue weighted by Crippen LogP contribution is -2.53. The van der Waals surface area contributed by atoms with Crippen LogP contribution in [0, 0.1) is 20.8 Å². The maximum absolute atomic E-state index is 13.1. The Hall–Kier alpha value is -2.78. The molecule has 0 aliphatic carbocycles. The summed E-state index contributed by atoms with van der Waals surface area (Å²) in [5, 5.41) is 2.97. The topological polar surface area (TPSA) is 88.2 Å². The van der Waals surface area contributed by atoms with Crippen molar-refractivity contribution in [3.63, 3.8) is 0 Å². The van der Waals surface area contributed by atoms with Crippen molar-refractivity contribution in [2.45, 2.75) is 32.2 Å². The van der Waals surface area contributed by atoms with Gasteiger partial charge in [-0.05, 0) is 49.6 Å². The second kappa shape index (κ2) is 9.79. The Bertz CT molecular complexity index is 1070. The van der Waals surface area contributed by atoms with Gasteiger partial charge in [0.2, 0.25) is 10.0 Å². The van der Waals surface area contributed by atoms with Crippen LogP contribution in [0.4, 0.5) is 4.79 Å². The fourth-order valence-electron chi connectivity index (χ4n) is 4.02. The molecular formula is C23H31N3O5S. The highest BCUT2D eigenvalue weighted by atomic mass is 32.2. The van der Waals surface area contributed by atoms with Crippen molar-refractivity contribution in [1.82, 2.24) is 14.5 Å². The van der Waals surface area contributed by atoms with Crippen LogP contribution in [0.15, 0.2) is 35.2 Å². The van der Waals surface area contributed by atoms with Crippen LogP contribution in [0.5, 0.6) is 11.5 Å². The van der Waals surface area contributed by atoms with Gasteiger partial charge in [-0.3, -0.25) is 0 Å². The molecule has 9 heteroatoms. The standard InChI is InChI=1S/C23H31N3O5S/c1-16-12-17(2)20(18(3)13-16)15-24-23(27)25-8-10-26(11-9-25)32(28,29)19-6-7-21(30-4)22(14-19)31-5/h6-7,12-14H,8-11,15H2,1-5H3,(H,24,27). The van der Waals surface area contributed by atoms with Crippen molar-refractivity contribution in [2.75, 3.05) is 40.4 Å². The van der Waals surface area contributed by atoms with Crippen LogP contribution in [-0.4, -0.2) is 64.1 Å².